The van der Waals surface area contributed by atoms with Gasteiger partial charge in [-0.25, -0.2) is 4.98 Å². The van der Waals surface area contributed by atoms with E-state index in [-0.39, 0.29) is 5.91 Å². The smallest absolute Gasteiger partial charge is 0.271 e. The number of nitrogens with zero attached hydrogens (tertiary/aromatic N) is 1. The molecule has 3 nitrogen and oxygen atoms in total. The summed E-state index contributed by atoms with van der Waals surface area (Å²) in [6, 6.07) is 3.94. The van der Waals surface area contributed by atoms with Crippen molar-refractivity contribution in [2.75, 3.05) is 5.33 Å². The van der Waals surface area contributed by atoms with Gasteiger partial charge in [0, 0.05) is 22.0 Å². The van der Waals surface area contributed by atoms with Crippen LogP contribution in [0.5, 0.6) is 0 Å². The molecule has 1 aromatic heterocycles. The predicted molar refractivity (Wildman–Crippen MR) is 78.9 cm³/mol. The number of alkyl halides is 1. The number of aromatic nitrogens is 1. The van der Waals surface area contributed by atoms with Crippen molar-refractivity contribution in [2.24, 2.45) is 5.92 Å². The molecule has 0 unspecified atom stereocenters. The minimum Gasteiger partial charge on any atom is -0.348 e. The first kappa shape index (κ1) is 14.0. The van der Waals surface area contributed by atoms with Crippen molar-refractivity contribution in [3.05, 3.63) is 28.5 Å². The second kappa shape index (κ2) is 6.66. The Labute approximate surface area is 124 Å². The van der Waals surface area contributed by atoms with Gasteiger partial charge in [0.2, 0.25) is 0 Å². The molecular weight excluding hydrogens is 360 g/mol. The minimum absolute atomic E-state index is 0.0789. The molecule has 1 heterocycles. The number of carbonyl (C=O) groups excluding carboxylic acids is 1. The molecule has 0 saturated heterocycles. The van der Waals surface area contributed by atoms with Crippen LogP contribution < -0.4 is 5.32 Å². The van der Waals surface area contributed by atoms with Crippen molar-refractivity contribution in [1.82, 2.24) is 10.3 Å². The zero-order chi connectivity index (χ0) is 13.0. The van der Waals surface area contributed by atoms with Gasteiger partial charge in [-0.15, -0.1) is 0 Å². The lowest BCUT2D eigenvalue weighted by Gasteiger charge is -2.27. The Morgan fingerprint density at radius 3 is 2.72 bits per heavy atom. The van der Waals surface area contributed by atoms with Crippen LogP contribution >= 0.6 is 31.9 Å². The van der Waals surface area contributed by atoms with Gasteiger partial charge in [0.15, 0.2) is 0 Å². The van der Waals surface area contributed by atoms with Gasteiger partial charge in [-0.05, 0) is 59.7 Å². The van der Waals surface area contributed by atoms with Crippen molar-refractivity contribution in [2.45, 2.75) is 31.7 Å². The first-order chi connectivity index (χ1) is 8.70. The molecule has 0 spiro atoms. The maximum Gasteiger partial charge on any atom is 0.271 e. The summed E-state index contributed by atoms with van der Waals surface area (Å²) < 4.78 is 0.747. The van der Waals surface area contributed by atoms with Crippen molar-refractivity contribution in [1.29, 1.82) is 0 Å². The van der Waals surface area contributed by atoms with Gasteiger partial charge in [-0.2, -0.15) is 0 Å². The topological polar surface area (TPSA) is 42.0 Å². The monoisotopic (exact) mass is 374 g/mol. The maximum absolute atomic E-state index is 12.1. The molecule has 98 valence electrons. The fourth-order valence-corrected chi connectivity index (χ4v) is 3.35. The number of halogens is 2. The molecule has 1 N–H and O–H groups in total. The third-order valence-electron chi connectivity index (χ3n) is 3.37. The van der Waals surface area contributed by atoms with Crippen molar-refractivity contribution in [3.63, 3.8) is 0 Å². The Morgan fingerprint density at radius 2 is 2.11 bits per heavy atom. The number of carbonyl (C=O) groups is 1. The van der Waals surface area contributed by atoms with Crippen LogP contribution in [0.25, 0.3) is 0 Å². The summed E-state index contributed by atoms with van der Waals surface area (Å²) in [5, 5.41) is 4.14. The molecule has 18 heavy (non-hydrogen) atoms. The van der Waals surface area contributed by atoms with Crippen molar-refractivity contribution < 1.29 is 4.79 Å². The lowest BCUT2D eigenvalue weighted by Crippen LogP contribution is -2.38. The summed E-state index contributed by atoms with van der Waals surface area (Å²) >= 11 is 6.88. The molecule has 0 atom stereocenters. The number of hydrogen-bond donors (Lipinski definition) is 1. The number of hydrogen-bond acceptors (Lipinski definition) is 2. The Morgan fingerprint density at radius 1 is 1.39 bits per heavy atom. The van der Waals surface area contributed by atoms with E-state index in [2.05, 4.69) is 42.2 Å². The maximum atomic E-state index is 12.1. The average Bonchev–Trinajstić information content (AvgIpc) is 2.40. The SMILES string of the molecule is O=C(NC1CCC(CBr)CC1)c1ncccc1Br. The Bertz CT molecular complexity index is 417. The van der Waals surface area contributed by atoms with Crippen molar-refractivity contribution >= 4 is 37.8 Å². The van der Waals surface area contributed by atoms with Gasteiger partial charge >= 0.3 is 0 Å². The van der Waals surface area contributed by atoms with E-state index in [0.717, 1.165) is 28.6 Å². The largest absolute Gasteiger partial charge is 0.348 e. The predicted octanol–water partition coefficient (Wildman–Crippen LogP) is 3.53. The van der Waals surface area contributed by atoms with Crippen LogP contribution in [0.4, 0.5) is 0 Å². The van der Waals surface area contributed by atoms with E-state index in [1.807, 2.05) is 12.1 Å². The zero-order valence-electron chi connectivity index (χ0n) is 10.0. The van der Waals surface area contributed by atoms with E-state index in [0.29, 0.717) is 11.7 Å². The van der Waals surface area contributed by atoms with Crippen LogP contribution in [0.2, 0.25) is 0 Å². The van der Waals surface area contributed by atoms with Crippen LogP contribution in [0.3, 0.4) is 0 Å². The fraction of sp³-hybridized carbons (Fsp3) is 0.538. The normalized spacial score (nSPS) is 23.7. The molecule has 0 aromatic carbocycles. The number of amides is 1. The molecule has 2 rings (SSSR count). The Kier molecular flexibility index (Phi) is 5.18. The lowest BCUT2D eigenvalue weighted by molar-refractivity contribution is 0.0917. The van der Waals surface area contributed by atoms with Crippen LogP contribution in [0.15, 0.2) is 22.8 Å². The van der Waals surface area contributed by atoms with Crippen LogP contribution in [0, 0.1) is 5.92 Å². The molecular formula is C13H16Br2N2O. The van der Waals surface area contributed by atoms with Crippen LogP contribution in [0.1, 0.15) is 36.2 Å². The molecule has 1 aliphatic carbocycles. The zero-order valence-corrected chi connectivity index (χ0v) is 13.2. The summed E-state index contributed by atoms with van der Waals surface area (Å²) in [6.07, 6.45) is 6.12. The molecule has 1 amide bonds. The summed E-state index contributed by atoms with van der Waals surface area (Å²) in [7, 11) is 0. The highest BCUT2D eigenvalue weighted by Crippen LogP contribution is 2.26. The summed E-state index contributed by atoms with van der Waals surface area (Å²) in [5.41, 5.74) is 0.472. The second-order valence-electron chi connectivity index (χ2n) is 4.68. The van der Waals surface area contributed by atoms with E-state index in [9.17, 15) is 4.79 Å². The fourth-order valence-electron chi connectivity index (χ4n) is 2.27. The van der Waals surface area contributed by atoms with Gasteiger partial charge in [-0.1, -0.05) is 15.9 Å². The first-order valence-corrected chi connectivity index (χ1v) is 8.09. The standard InChI is InChI=1S/C13H16Br2N2O/c14-8-9-3-5-10(6-4-9)17-13(18)12-11(15)2-1-7-16-12/h1-2,7,9-10H,3-6,8H2,(H,17,18). The van der Waals surface area contributed by atoms with E-state index < -0.39 is 0 Å². The highest BCUT2D eigenvalue weighted by molar-refractivity contribution is 9.10. The summed E-state index contributed by atoms with van der Waals surface area (Å²) in [6.45, 7) is 0. The molecule has 1 saturated carbocycles. The number of nitrogens with one attached hydrogen (secondary N) is 1. The average molecular weight is 376 g/mol. The molecule has 5 heteroatoms. The lowest BCUT2D eigenvalue weighted by atomic mass is 9.87. The van der Waals surface area contributed by atoms with Gasteiger partial charge in [-0.3, -0.25) is 4.79 Å². The van der Waals surface area contributed by atoms with Gasteiger partial charge < -0.3 is 5.32 Å². The highest BCUT2D eigenvalue weighted by atomic mass is 79.9. The van der Waals surface area contributed by atoms with Gasteiger partial charge in [0.05, 0.1) is 0 Å². The van der Waals surface area contributed by atoms with E-state index >= 15 is 0 Å². The van der Waals surface area contributed by atoms with Crippen molar-refractivity contribution in [3.8, 4) is 0 Å². The first-order valence-electron chi connectivity index (χ1n) is 6.18. The van der Waals surface area contributed by atoms with E-state index in [1.54, 1.807) is 6.20 Å². The highest BCUT2D eigenvalue weighted by Gasteiger charge is 2.23. The minimum atomic E-state index is -0.0789. The van der Waals surface area contributed by atoms with Crippen LogP contribution in [-0.4, -0.2) is 22.3 Å². The van der Waals surface area contributed by atoms with E-state index in [1.165, 1.54) is 12.8 Å². The second-order valence-corrected chi connectivity index (χ2v) is 6.18. The molecule has 0 aliphatic heterocycles. The van der Waals surface area contributed by atoms with E-state index in [4.69, 9.17) is 0 Å². The number of pyridine rings is 1. The summed E-state index contributed by atoms with van der Waals surface area (Å²) in [4.78, 5) is 16.2. The molecule has 0 radical (unpaired) electrons. The van der Waals surface area contributed by atoms with Crippen LogP contribution in [-0.2, 0) is 0 Å². The van der Waals surface area contributed by atoms with Gasteiger partial charge in [0.25, 0.3) is 5.91 Å². The number of rotatable bonds is 3. The Hall–Kier alpha value is -0.420. The quantitative estimate of drug-likeness (QED) is 0.821. The van der Waals surface area contributed by atoms with Gasteiger partial charge in [0.1, 0.15) is 5.69 Å². The molecule has 1 aliphatic rings. The molecule has 1 aromatic rings. The third kappa shape index (κ3) is 3.54. The third-order valence-corrected chi connectivity index (χ3v) is 4.93. The Balaban J connectivity index is 1.91. The molecule has 1 fully saturated rings. The summed E-state index contributed by atoms with van der Waals surface area (Å²) in [5.74, 6) is 0.685. The molecule has 0 bridgehead atoms.